The topological polar surface area (TPSA) is 48.5 Å². The Hall–Kier alpha value is -2.69. The second-order valence-corrected chi connectivity index (χ2v) is 8.64. The fraction of sp³-hybridized carbons (Fsp3) is 0.480. The molecule has 0 aliphatic rings. The fourth-order valence-corrected chi connectivity index (χ4v) is 4.53. The first-order valence-corrected chi connectivity index (χ1v) is 11.2. The molecule has 5 heteroatoms. The molecule has 0 bridgehead atoms. The SMILES string of the molecule is CCc1nc2c(cc1-c1nc3c(C)cn(C(CC)CC)c3cc1C)ncn2C(C)C. The van der Waals surface area contributed by atoms with Crippen molar-refractivity contribution in [3.05, 3.63) is 41.5 Å². The lowest BCUT2D eigenvalue weighted by atomic mass is 10.0. The molecule has 0 amide bonds. The van der Waals surface area contributed by atoms with Crippen molar-refractivity contribution in [2.75, 3.05) is 0 Å². The van der Waals surface area contributed by atoms with E-state index in [-0.39, 0.29) is 0 Å². The first-order valence-electron chi connectivity index (χ1n) is 11.2. The number of pyridine rings is 2. The molecule has 0 saturated heterocycles. The number of aryl methyl sites for hydroxylation is 3. The van der Waals surface area contributed by atoms with Crippen LogP contribution in [0.5, 0.6) is 0 Å². The lowest BCUT2D eigenvalue weighted by Gasteiger charge is -2.17. The third kappa shape index (κ3) is 3.21. The lowest BCUT2D eigenvalue weighted by Crippen LogP contribution is -2.06. The molecule has 0 saturated carbocycles. The zero-order chi connectivity index (χ0) is 21.6. The van der Waals surface area contributed by atoms with Crippen molar-refractivity contribution < 1.29 is 0 Å². The molecule has 0 aromatic carbocycles. The van der Waals surface area contributed by atoms with Crippen molar-refractivity contribution in [2.24, 2.45) is 0 Å². The number of fused-ring (bicyclic) bond motifs is 2. The van der Waals surface area contributed by atoms with Gasteiger partial charge in [0.15, 0.2) is 5.65 Å². The summed E-state index contributed by atoms with van der Waals surface area (Å²) in [4.78, 5) is 14.8. The Morgan fingerprint density at radius 1 is 0.933 bits per heavy atom. The second kappa shape index (κ2) is 7.86. The van der Waals surface area contributed by atoms with Gasteiger partial charge in [0.25, 0.3) is 0 Å². The van der Waals surface area contributed by atoms with Gasteiger partial charge in [-0.15, -0.1) is 0 Å². The lowest BCUT2D eigenvalue weighted by molar-refractivity contribution is 0.485. The van der Waals surface area contributed by atoms with Gasteiger partial charge in [-0.05, 0) is 70.2 Å². The smallest absolute Gasteiger partial charge is 0.160 e. The number of rotatable bonds is 6. The summed E-state index contributed by atoms with van der Waals surface area (Å²) in [7, 11) is 0. The monoisotopic (exact) mass is 403 g/mol. The molecule has 0 atom stereocenters. The molecule has 0 aliphatic heterocycles. The number of hydrogen-bond donors (Lipinski definition) is 0. The molecule has 4 rings (SSSR count). The largest absolute Gasteiger partial charge is 0.343 e. The third-order valence-corrected chi connectivity index (χ3v) is 6.29. The van der Waals surface area contributed by atoms with Gasteiger partial charge in [-0.25, -0.2) is 15.0 Å². The third-order valence-electron chi connectivity index (χ3n) is 6.29. The maximum absolute atomic E-state index is 5.18. The minimum Gasteiger partial charge on any atom is -0.343 e. The minimum atomic E-state index is 0.335. The summed E-state index contributed by atoms with van der Waals surface area (Å²) in [6.45, 7) is 15.3. The molecule has 4 aromatic heterocycles. The van der Waals surface area contributed by atoms with E-state index in [2.05, 4.69) is 80.9 Å². The van der Waals surface area contributed by atoms with Gasteiger partial charge in [0, 0.05) is 23.8 Å². The van der Waals surface area contributed by atoms with Crippen molar-refractivity contribution >= 4 is 22.2 Å². The van der Waals surface area contributed by atoms with E-state index >= 15 is 0 Å². The van der Waals surface area contributed by atoms with Gasteiger partial charge < -0.3 is 9.13 Å². The molecule has 0 aliphatic carbocycles. The summed E-state index contributed by atoms with van der Waals surface area (Å²) in [6.07, 6.45) is 7.28. The summed E-state index contributed by atoms with van der Waals surface area (Å²) in [5, 5.41) is 0. The predicted octanol–water partition coefficient (Wildman–Crippen LogP) is 6.57. The van der Waals surface area contributed by atoms with Gasteiger partial charge in [-0.1, -0.05) is 20.8 Å². The van der Waals surface area contributed by atoms with Gasteiger partial charge in [0.05, 0.1) is 28.7 Å². The first kappa shape index (κ1) is 20.6. The molecule has 30 heavy (non-hydrogen) atoms. The van der Waals surface area contributed by atoms with Crippen molar-refractivity contribution in [1.82, 2.24) is 24.1 Å². The molecule has 4 aromatic rings. The summed E-state index contributed by atoms with van der Waals surface area (Å²) in [5.41, 5.74) is 9.85. The molecule has 0 unspecified atom stereocenters. The average Bonchev–Trinajstić information content (AvgIpc) is 3.28. The van der Waals surface area contributed by atoms with Crippen LogP contribution >= 0.6 is 0 Å². The Labute approximate surface area is 179 Å². The number of hydrogen-bond acceptors (Lipinski definition) is 3. The van der Waals surface area contributed by atoms with E-state index in [9.17, 15) is 0 Å². The summed E-state index contributed by atoms with van der Waals surface area (Å²) >= 11 is 0. The summed E-state index contributed by atoms with van der Waals surface area (Å²) < 4.78 is 4.56. The molecular weight excluding hydrogens is 370 g/mol. The van der Waals surface area contributed by atoms with E-state index in [1.54, 1.807) is 0 Å². The highest BCUT2D eigenvalue weighted by Crippen LogP contribution is 2.33. The molecule has 5 nitrogen and oxygen atoms in total. The van der Waals surface area contributed by atoms with E-state index in [4.69, 9.17) is 9.97 Å². The number of aromatic nitrogens is 5. The van der Waals surface area contributed by atoms with Crippen LogP contribution in [0.25, 0.3) is 33.5 Å². The van der Waals surface area contributed by atoms with Crippen LogP contribution in [0.3, 0.4) is 0 Å². The van der Waals surface area contributed by atoms with Crippen molar-refractivity contribution in [3.8, 4) is 11.3 Å². The molecule has 158 valence electrons. The van der Waals surface area contributed by atoms with Gasteiger partial charge in [-0.3, -0.25) is 0 Å². The maximum Gasteiger partial charge on any atom is 0.160 e. The zero-order valence-electron chi connectivity index (χ0n) is 19.3. The number of imidazole rings is 1. The van der Waals surface area contributed by atoms with E-state index in [1.165, 1.54) is 16.6 Å². The van der Waals surface area contributed by atoms with Crippen LogP contribution in [0, 0.1) is 13.8 Å². The molecule has 0 N–H and O–H groups in total. The summed E-state index contributed by atoms with van der Waals surface area (Å²) in [6, 6.07) is 5.33. The first-order chi connectivity index (χ1) is 14.4. The predicted molar refractivity (Wildman–Crippen MR) is 125 cm³/mol. The molecule has 0 spiro atoms. The Morgan fingerprint density at radius 2 is 1.67 bits per heavy atom. The normalized spacial score (nSPS) is 12.2. The minimum absolute atomic E-state index is 0.335. The highest BCUT2D eigenvalue weighted by Gasteiger charge is 2.19. The molecule has 4 heterocycles. The van der Waals surface area contributed by atoms with E-state index in [0.717, 1.165) is 52.9 Å². The van der Waals surface area contributed by atoms with Crippen molar-refractivity contribution in [3.63, 3.8) is 0 Å². The average molecular weight is 404 g/mol. The van der Waals surface area contributed by atoms with E-state index < -0.39 is 0 Å². The van der Waals surface area contributed by atoms with Gasteiger partial charge in [0.1, 0.15) is 5.52 Å². The van der Waals surface area contributed by atoms with Gasteiger partial charge in [0.2, 0.25) is 0 Å². The van der Waals surface area contributed by atoms with Crippen LogP contribution in [-0.4, -0.2) is 24.1 Å². The van der Waals surface area contributed by atoms with Crippen LogP contribution in [0.15, 0.2) is 24.7 Å². The Balaban J connectivity index is 1.94. The maximum atomic E-state index is 5.18. The fourth-order valence-electron chi connectivity index (χ4n) is 4.53. The van der Waals surface area contributed by atoms with E-state index in [1.807, 2.05) is 6.33 Å². The number of nitrogens with zero attached hydrogens (tertiary/aromatic N) is 5. The quantitative estimate of drug-likeness (QED) is 0.366. The summed E-state index contributed by atoms with van der Waals surface area (Å²) in [5.74, 6) is 0. The highest BCUT2D eigenvalue weighted by atomic mass is 15.1. The van der Waals surface area contributed by atoms with Crippen LogP contribution in [0.1, 0.15) is 76.4 Å². The van der Waals surface area contributed by atoms with Crippen LogP contribution in [-0.2, 0) is 6.42 Å². The Morgan fingerprint density at radius 3 is 2.30 bits per heavy atom. The molecule has 0 radical (unpaired) electrons. The zero-order valence-corrected chi connectivity index (χ0v) is 19.3. The van der Waals surface area contributed by atoms with Crippen molar-refractivity contribution in [1.29, 1.82) is 0 Å². The van der Waals surface area contributed by atoms with Crippen molar-refractivity contribution in [2.45, 2.75) is 79.8 Å². The highest BCUT2D eigenvalue weighted by molar-refractivity contribution is 5.86. The molecule has 0 fully saturated rings. The Bertz CT molecular complexity index is 1210. The second-order valence-electron chi connectivity index (χ2n) is 8.64. The van der Waals surface area contributed by atoms with Crippen LogP contribution < -0.4 is 0 Å². The van der Waals surface area contributed by atoms with E-state index in [0.29, 0.717) is 12.1 Å². The molecular formula is C25H33N5. The van der Waals surface area contributed by atoms with Gasteiger partial charge in [-0.2, -0.15) is 0 Å². The standard InChI is InChI=1S/C25H33N5/c1-8-18(9-2)29-13-17(7)24-22(29)11-16(6)23(28-24)19-12-21-25(27-20(19)10-3)30(14-26-21)15(4)5/h11-15,18H,8-10H2,1-7H3. The van der Waals surface area contributed by atoms with Crippen LogP contribution in [0.2, 0.25) is 0 Å². The van der Waals surface area contributed by atoms with Gasteiger partial charge >= 0.3 is 0 Å². The Kier molecular flexibility index (Phi) is 5.39. The van der Waals surface area contributed by atoms with Crippen LogP contribution in [0.4, 0.5) is 0 Å².